The van der Waals surface area contributed by atoms with Crippen molar-refractivity contribution in [1.82, 2.24) is 4.90 Å². The van der Waals surface area contributed by atoms with Crippen molar-refractivity contribution in [3.8, 4) is 5.75 Å². The van der Waals surface area contributed by atoms with Crippen molar-refractivity contribution in [2.24, 2.45) is 0 Å². The third-order valence-electron chi connectivity index (χ3n) is 2.96. The highest BCUT2D eigenvalue weighted by molar-refractivity contribution is 6.58. The Bertz CT molecular complexity index is 357. The molecule has 0 aromatic heterocycles. The molecule has 1 aromatic carbocycles. The third-order valence-corrected chi connectivity index (χ3v) is 2.96. The van der Waals surface area contributed by atoms with Gasteiger partial charge in [-0.1, -0.05) is 12.1 Å². The van der Waals surface area contributed by atoms with Crippen LogP contribution in [0.25, 0.3) is 0 Å². The van der Waals surface area contributed by atoms with Crippen LogP contribution in [0.15, 0.2) is 24.3 Å². The van der Waals surface area contributed by atoms with Crippen LogP contribution >= 0.6 is 12.4 Å². The molecule has 1 fully saturated rings. The van der Waals surface area contributed by atoms with Crippen LogP contribution in [0.3, 0.4) is 0 Å². The molecule has 19 heavy (non-hydrogen) atoms. The van der Waals surface area contributed by atoms with Gasteiger partial charge in [-0.25, -0.2) is 0 Å². The molecule has 7 heteroatoms. The Morgan fingerprint density at radius 1 is 1.16 bits per heavy atom. The molecule has 0 saturated carbocycles. The predicted molar refractivity (Wildman–Crippen MR) is 76.3 cm³/mol. The van der Waals surface area contributed by atoms with Crippen LogP contribution in [-0.2, 0) is 4.74 Å². The molecule has 0 atom stereocenters. The largest absolute Gasteiger partial charge is 0.492 e. The Morgan fingerprint density at radius 3 is 2.37 bits per heavy atom. The first kappa shape index (κ1) is 16.3. The predicted octanol–water partition coefficient (Wildman–Crippen LogP) is -0.501. The lowest BCUT2D eigenvalue weighted by Gasteiger charge is -2.26. The molecule has 0 spiro atoms. The lowest BCUT2D eigenvalue weighted by Crippen LogP contribution is -2.38. The van der Waals surface area contributed by atoms with Crippen molar-refractivity contribution in [2.75, 3.05) is 39.5 Å². The molecule has 106 valence electrons. The van der Waals surface area contributed by atoms with Gasteiger partial charge in [-0.15, -0.1) is 12.4 Å². The van der Waals surface area contributed by atoms with E-state index in [-0.39, 0.29) is 12.4 Å². The normalized spacial score (nSPS) is 15.7. The molecule has 5 nitrogen and oxygen atoms in total. The van der Waals surface area contributed by atoms with Crippen molar-refractivity contribution in [3.05, 3.63) is 24.3 Å². The van der Waals surface area contributed by atoms with E-state index >= 15 is 0 Å². The summed E-state index contributed by atoms with van der Waals surface area (Å²) in [6.07, 6.45) is 0. The van der Waals surface area contributed by atoms with E-state index in [1.165, 1.54) is 0 Å². The van der Waals surface area contributed by atoms with Gasteiger partial charge in [0.05, 0.1) is 13.2 Å². The molecule has 2 rings (SSSR count). The van der Waals surface area contributed by atoms with Gasteiger partial charge >= 0.3 is 7.12 Å². The number of benzene rings is 1. The number of rotatable bonds is 5. The van der Waals surface area contributed by atoms with Gasteiger partial charge in [-0.2, -0.15) is 0 Å². The molecule has 0 aliphatic carbocycles. The standard InChI is InChI=1S/C12H18BNO4.ClH/c15-13(16)11-1-3-12(4-2-11)18-10-7-14-5-8-17-9-6-14;/h1-4,15-16H,5-10H2;1H. The SMILES string of the molecule is Cl.OB(O)c1ccc(OCCN2CCOCC2)cc1. The minimum Gasteiger partial charge on any atom is -0.492 e. The van der Waals surface area contributed by atoms with Crippen molar-refractivity contribution < 1.29 is 19.5 Å². The van der Waals surface area contributed by atoms with Crippen LogP contribution in [0, 0.1) is 0 Å². The number of hydrogen-bond donors (Lipinski definition) is 2. The van der Waals surface area contributed by atoms with Gasteiger partial charge in [0.15, 0.2) is 0 Å². The molecule has 1 heterocycles. The van der Waals surface area contributed by atoms with Crippen LogP contribution in [0.5, 0.6) is 5.75 Å². The van der Waals surface area contributed by atoms with Crippen LogP contribution < -0.4 is 10.2 Å². The monoisotopic (exact) mass is 287 g/mol. The zero-order chi connectivity index (χ0) is 12.8. The second kappa shape index (κ2) is 8.40. The summed E-state index contributed by atoms with van der Waals surface area (Å²) in [6, 6.07) is 6.78. The summed E-state index contributed by atoms with van der Waals surface area (Å²) < 4.78 is 10.9. The fourth-order valence-electron chi connectivity index (χ4n) is 1.85. The van der Waals surface area contributed by atoms with Crippen molar-refractivity contribution in [1.29, 1.82) is 0 Å². The Hall–Kier alpha value is -0.785. The van der Waals surface area contributed by atoms with Crippen LogP contribution in [-0.4, -0.2) is 61.5 Å². The molecule has 0 unspecified atom stereocenters. The molecule has 1 aliphatic rings. The summed E-state index contributed by atoms with van der Waals surface area (Å²) in [6.45, 7) is 5.01. The van der Waals surface area contributed by atoms with Gasteiger partial charge in [0.25, 0.3) is 0 Å². The topological polar surface area (TPSA) is 62.2 Å². The first-order valence-corrected chi connectivity index (χ1v) is 6.15. The van der Waals surface area contributed by atoms with Crippen LogP contribution in [0.1, 0.15) is 0 Å². The van der Waals surface area contributed by atoms with Gasteiger partial charge < -0.3 is 19.5 Å². The smallest absolute Gasteiger partial charge is 0.488 e. The average molecular weight is 288 g/mol. The second-order valence-corrected chi connectivity index (χ2v) is 4.25. The summed E-state index contributed by atoms with van der Waals surface area (Å²) in [5.41, 5.74) is 0.468. The Balaban J connectivity index is 0.00000180. The summed E-state index contributed by atoms with van der Waals surface area (Å²) in [4.78, 5) is 2.30. The van der Waals surface area contributed by atoms with Crippen LogP contribution in [0.2, 0.25) is 0 Å². The van der Waals surface area contributed by atoms with E-state index in [0.717, 1.165) is 38.6 Å². The zero-order valence-electron chi connectivity index (χ0n) is 10.7. The fraction of sp³-hybridized carbons (Fsp3) is 0.500. The van der Waals surface area contributed by atoms with Crippen molar-refractivity contribution >= 4 is 25.0 Å². The van der Waals surface area contributed by atoms with Gasteiger partial charge in [0.1, 0.15) is 12.4 Å². The molecule has 0 bridgehead atoms. The third kappa shape index (κ3) is 5.38. The second-order valence-electron chi connectivity index (χ2n) is 4.25. The minimum absolute atomic E-state index is 0. The lowest BCUT2D eigenvalue weighted by atomic mass is 9.80. The van der Waals surface area contributed by atoms with Gasteiger partial charge in [-0.3, -0.25) is 4.90 Å². The summed E-state index contributed by atoms with van der Waals surface area (Å²) in [5.74, 6) is 0.743. The fourth-order valence-corrected chi connectivity index (χ4v) is 1.85. The molecule has 1 aromatic rings. The molecular formula is C12H19BClNO4. The van der Waals surface area contributed by atoms with E-state index in [1.807, 2.05) is 0 Å². The van der Waals surface area contributed by atoms with E-state index in [0.29, 0.717) is 12.1 Å². The van der Waals surface area contributed by atoms with Gasteiger partial charge in [0.2, 0.25) is 0 Å². The van der Waals surface area contributed by atoms with Gasteiger partial charge in [0, 0.05) is 19.6 Å². The Morgan fingerprint density at radius 2 is 1.79 bits per heavy atom. The number of morpholine rings is 1. The van der Waals surface area contributed by atoms with E-state index in [2.05, 4.69) is 4.90 Å². The maximum Gasteiger partial charge on any atom is 0.488 e. The molecule has 2 N–H and O–H groups in total. The summed E-state index contributed by atoms with van der Waals surface area (Å²) >= 11 is 0. The molecule has 1 aliphatic heterocycles. The first-order chi connectivity index (χ1) is 8.75. The lowest BCUT2D eigenvalue weighted by molar-refractivity contribution is 0.0322. The van der Waals surface area contributed by atoms with E-state index in [1.54, 1.807) is 24.3 Å². The average Bonchev–Trinajstić information content (AvgIpc) is 2.40. The van der Waals surface area contributed by atoms with Gasteiger partial charge in [-0.05, 0) is 17.6 Å². The van der Waals surface area contributed by atoms with Crippen molar-refractivity contribution in [3.63, 3.8) is 0 Å². The first-order valence-electron chi connectivity index (χ1n) is 6.15. The number of ether oxygens (including phenoxy) is 2. The highest BCUT2D eigenvalue weighted by Crippen LogP contribution is 2.07. The molecule has 1 saturated heterocycles. The zero-order valence-corrected chi connectivity index (χ0v) is 11.5. The number of halogens is 1. The maximum atomic E-state index is 8.96. The number of hydrogen-bond acceptors (Lipinski definition) is 5. The quantitative estimate of drug-likeness (QED) is 0.715. The minimum atomic E-state index is -1.42. The maximum absolute atomic E-state index is 8.96. The summed E-state index contributed by atoms with van der Waals surface area (Å²) in [7, 11) is -1.42. The Labute approximate surface area is 119 Å². The van der Waals surface area contributed by atoms with E-state index in [9.17, 15) is 0 Å². The van der Waals surface area contributed by atoms with Crippen LogP contribution in [0.4, 0.5) is 0 Å². The van der Waals surface area contributed by atoms with E-state index in [4.69, 9.17) is 19.5 Å². The molecular weight excluding hydrogens is 268 g/mol. The Kier molecular flexibility index (Phi) is 7.19. The van der Waals surface area contributed by atoms with Crippen molar-refractivity contribution in [2.45, 2.75) is 0 Å². The molecule has 0 radical (unpaired) electrons. The highest BCUT2D eigenvalue weighted by atomic mass is 35.5. The number of nitrogens with zero attached hydrogens (tertiary/aromatic N) is 1. The highest BCUT2D eigenvalue weighted by Gasteiger charge is 2.11. The summed E-state index contributed by atoms with van der Waals surface area (Å²) in [5, 5.41) is 17.9. The van der Waals surface area contributed by atoms with E-state index < -0.39 is 7.12 Å². The molecule has 0 amide bonds.